The first kappa shape index (κ1) is 14.8. The molecular formula is C15H17N3O3. The van der Waals surface area contributed by atoms with Gasteiger partial charge in [-0.1, -0.05) is 6.07 Å². The van der Waals surface area contributed by atoms with Crippen LogP contribution in [-0.4, -0.2) is 30.2 Å². The largest absolute Gasteiger partial charge is 0.496 e. The van der Waals surface area contributed by atoms with Crippen molar-refractivity contribution in [3.05, 3.63) is 35.0 Å². The molecule has 0 saturated carbocycles. The van der Waals surface area contributed by atoms with Crippen LogP contribution >= 0.6 is 0 Å². The fourth-order valence-corrected chi connectivity index (χ4v) is 2.05. The van der Waals surface area contributed by atoms with Crippen LogP contribution in [0, 0.1) is 13.8 Å². The van der Waals surface area contributed by atoms with Crippen molar-refractivity contribution < 1.29 is 14.3 Å². The molecule has 2 aromatic rings. The van der Waals surface area contributed by atoms with Crippen LogP contribution in [-0.2, 0) is 4.74 Å². The third-order valence-corrected chi connectivity index (χ3v) is 3.11. The Kier molecular flexibility index (Phi) is 4.07. The minimum atomic E-state index is -0.549. The SMILES string of the molecule is COC(=O)c1c(C)nc(-c2ccc(C)cc2OC)nc1N. The Labute approximate surface area is 122 Å². The maximum absolute atomic E-state index is 11.7. The van der Waals surface area contributed by atoms with E-state index in [9.17, 15) is 4.79 Å². The van der Waals surface area contributed by atoms with Gasteiger partial charge in [0.25, 0.3) is 0 Å². The van der Waals surface area contributed by atoms with Crippen molar-refractivity contribution in [2.45, 2.75) is 13.8 Å². The van der Waals surface area contributed by atoms with Gasteiger partial charge >= 0.3 is 5.97 Å². The molecule has 2 rings (SSSR count). The Bertz CT molecular complexity index is 676. The zero-order valence-corrected chi connectivity index (χ0v) is 12.4. The monoisotopic (exact) mass is 287 g/mol. The van der Waals surface area contributed by atoms with E-state index in [1.165, 1.54) is 7.11 Å². The van der Waals surface area contributed by atoms with Gasteiger partial charge < -0.3 is 15.2 Å². The quantitative estimate of drug-likeness (QED) is 0.870. The van der Waals surface area contributed by atoms with E-state index >= 15 is 0 Å². The Balaban J connectivity index is 2.59. The summed E-state index contributed by atoms with van der Waals surface area (Å²) in [6.45, 7) is 3.65. The van der Waals surface area contributed by atoms with Crippen molar-refractivity contribution in [1.82, 2.24) is 9.97 Å². The van der Waals surface area contributed by atoms with Crippen LogP contribution < -0.4 is 10.5 Å². The molecule has 0 aliphatic heterocycles. The summed E-state index contributed by atoms with van der Waals surface area (Å²) in [5.74, 6) is 0.605. The van der Waals surface area contributed by atoms with Crippen LogP contribution in [0.4, 0.5) is 5.82 Å². The highest BCUT2D eigenvalue weighted by molar-refractivity contribution is 5.95. The first-order valence-electron chi connectivity index (χ1n) is 6.35. The molecular weight excluding hydrogens is 270 g/mol. The van der Waals surface area contributed by atoms with Gasteiger partial charge in [-0.05, 0) is 31.5 Å². The van der Waals surface area contributed by atoms with E-state index in [4.69, 9.17) is 10.5 Å². The number of hydrogen-bond donors (Lipinski definition) is 1. The second kappa shape index (κ2) is 5.78. The molecule has 0 radical (unpaired) electrons. The number of aromatic nitrogens is 2. The molecule has 0 aliphatic rings. The number of rotatable bonds is 3. The molecule has 2 N–H and O–H groups in total. The van der Waals surface area contributed by atoms with Crippen molar-refractivity contribution in [2.75, 3.05) is 20.0 Å². The van der Waals surface area contributed by atoms with Crippen molar-refractivity contribution in [3.8, 4) is 17.1 Å². The van der Waals surface area contributed by atoms with Crippen LogP contribution in [0.15, 0.2) is 18.2 Å². The summed E-state index contributed by atoms with van der Waals surface area (Å²) in [5, 5.41) is 0. The fraction of sp³-hybridized carbons (Fsp3) is 0.267. The van der Waals surface area contributed by atoms with E-state index in [-0.39, 0.29) is 11.4 Å². The minimum Gasteiger partial charge on any atom is -0.496 e. The highest BCUT2D eigenvalue weighted by Gasteiger charge is 2.19. The Morgan fingerprint density at radius 2 is 1.90 bits per heavy atom. The van der Waals surface area contributed by atoms with Gasteiger partial charge in [-0.2, -0.15) is 0 Å². The number of anilines is 1. The summed E-state index contributed by atoms with van der Waals surface area (Å²) < 4.78 is 10.0. The number of methoxy groups -OCH3 is 2. The lowest BCUT2D eigenvalue weighted by molar-refractivity contribution is 0.0600. The van der Waals surface area contributed by atoms with Gasteiger partial charge in [-0.3, -0.25) is 0 Å². The number of ether oxygens (including phenoxy) is 2. The molecule has 110 valence electrons. The van der Waals surface area contributed by atoms with Crippen molar-refractivity contribution in [1.29, 1.82) is 0 Å². The molecule has 6 nitrogen and oxygen atoms in total. The molecule has 0 aliphatic carbocycles. The van der Waals surface area contributed by atoms with E-state index in [0.717, 1.165) is 5.56 Å². The number of benzene rings is 1. The highest BCUT2D eigenvalue weighted by Crippen LogP contribution is 2.30. The maximum atomic E-state index is 11.7. The molecule has 0 amide bonds. The number of nitrogens with two attached hydrogens (primary N) is 1. The average molecular weight is 287 g/mol. The van der Waals surface area contributed by atoms with Crippen LogP contribution in [0.25, 0.3) is 11.4 Å². The molecule has 6 heteroatoms. The van der Waals surface area contributed by atoms with Crippen LogP contribution in [0.1, 0.15) is 21.6 Å². The Morgan fingerprint density at radius 3 is 2.48 bits per heavy atom. The summed E-state index contributed by atoms with van der Waals surface area (Å²) in [4.78, 5) is 20.2. The van der Waals surface area contributed by atoms with Gasteiger partial charge in [0.15, 0.2) is 5.82 Å². The molecule has 1 heterocycles. The molecule has 1 aromatic heterocycles. The van der Waals surface area contributed by atoms with E-state index < -0.39 is 5.97 Å². The summed E-state index contributed by atoms with van der Waals surface area (Å²) >= 11 is 0. The maximum Gasteiger partial charge on any atom is 0.343 e. The fourth-order valence-electron chi connectivity index (χ4n) is 2.05. The highest BCUT2D eigenvalue weighted by atomic mass is 16.5. The molecule has 0 bridgehead atoms. The third kappa shape index (κ3) is 2.79. The second-order valence-electron chi connectivity index (χ2n) is 4.59. The summed E-state index contributed by atoms with van der Waals surface area (Å²) in [7, 11) is 2.87. The predicted octanol–water partition coefficient (Wildman–Crippen LogP) is 2.14. The molecule has 21 heavy (non-hydrogen) atoms. The van der Waals surface area contributed by atoms with Gasteiger partial charge in [-0.15, -0.1) is 0 Å². The number of hydrogen-bond acceptors (Lipinski definition) is 6. The number of nitrogen functional groups attached to an aromatic ring is 1. The van der Waals surface area contributed by atoms with Crippen molar-refractivity contribution in [3.63, 3.8) is 0 Å². The lowest BCUT2D eigenvalue weighted by atomic mass is 10.1. The number of nitrogens with zero attached hydrogens (tertiary/aromatic N) is 2. The lowest BCUT2D eigenvalue weighted by Crippen LogP contribution is -2.12. The zero-order valence-electron chi connectivity index (χ0n) is 12.4. The smallest absolute Gasteiger partial charge is 0.343 e. The molecule has 0 fully saturated rings. The first-order chi connectivity index (χ1) is 9.97. The van der Waals surface area contributed by atoms with Gasteiger partial charge in [0.2, 0.25) is 0 Å². The number of carbonyl (C=O) groups is 1. The van der Waals surface area contributed by atoms with Gasteiger partial charge in [0.1, 0.15) is 17.1 Å². The third-order valence-electron chi connectivity index (χ3n) is 3.11. The van der Waals surface area contributed by atoms with Gasteiger partial charge in [-0.25, -0.2) is 14.8 Å². The standard InChI is InChI=1S/C15H17N3O3/c1-8-5-6-10(11(7-8)20-3)14-17-9(2)12(13(16)18-14)15(19)21-4/h5-7H,1-4H3,(H2,16,17,18). The van der Waals surface area contributed by atoms with E-state index in [2.05, 4.69) is 14.7 Å². The molecule has 0 saturated heterocycles. The summed E-state index contributed by atoms with van der Waals surface area (Å²) in [6.07, 6.45) is 0. The molecule has 0 spiro atoms. The molecule has 0 unspecified atom stereocenters. The van der Waals surface area contributed by atoms with Crippen LogP contribution in [0.5, 0.6) is 5.75 Å². The number of aryl methyl sites for hydroxylation is 2. The van der Waals surface area contributed by atoms with Crippen LogP contribution in [0.3, 0.4) is 0 Å². The minimum absolute atomic E-state index is 0.0898. The number of carbonyl (C=O) groups excluding carboxylic acids is 1. The second-order valence-corrected chi connectivity index (χ2v) is 4.59. The van der Waals surface area contributed by atoms with E-state index in [0.29, 0.717) is 22.8 Å². The lowest BCUT2D eigenvalue weighted by Gasteiger charge is -2.11. The predicted molar refractivity (Wildman–Crippen MR) is 79.2 cm³/mol. The molecule has 0 atom stereocenters. The normalized spacial score (nSPS) is 10.3. The Hall–Kier alpha value is -2.63. The molecule has 1 aromatic carbocycles. The van der Waals surface area contributed by atoms with Gasteiger partial charge in [0, 0.05) is 0 Å². The number of esters is 1. The Morgan fingerprint density at radius 1 is 1.19 bits per heavy atom. The van der Waals surface area contributed by atoms with E-state index in [1.807, 2.05) is 25.1 Å². The van der Waals surface area contributed by atoms with Gasteiger partial charge in [0.05, 0.1) is 25.5 Å². The van der Waals surface area contributed by atoms with Crippen LogP contribution in [0.2, 0.25) is 0 Å². The zero-order chi connectivity index (χ0) is 15.6. The summed E-state index contributed by atoms with van der Waals surface area (Å²) in [6, 6.07) is 5.68. The topological polar surface area (TPSA) is 87.3 Å². The van der Waals surface area contributed by atoms with Crippen molar-refractivity contribution in [2.24, 2.45) is 0 Å². The summed E-state index contributed by atoms with van der Waals surface area (Å²) in [5.41, 5.74) is 8.30. The van der Waals surface area contributed by atoms with Crippen molar-refractivity contribution >= 4 is 11.8 Å². The first-order valence-corrected chi connectivity index (χ1v) is 6.35. The van der Waals surface area contributed by atoms with E-state index in [1.54, 1.807) is 14.0 Å². The average Bonchev–Trinajstić information content (AvgIpc) is 2.45.